The van der Waals surface area contributed by atoms with Gasteiger partial charge in [0, 0.05) is 6.20 Å². The Labute approximate surface area is 212 Å². The van der Waals surface area contributed by atoms with E-state index in [-0.39, 0.29) is 24.8 Å². The van der Waals surface area contributed by atoms with E-state index >= 15 is 0 Å². The SMILES string of the molecule is CCOC(=O)C(=CN1c2ccccc2NC(C)(c2ccccc2)CC1c1ccccc1)C(=O)OCC. The molecule has 0 spiro atoms. The molecule has 0 amide bonds. The molecule has 0 saturated carbocycles. The number of rotatable bonds is 7. The zero-order chi connectivity index (χ0) is 25.5. The van der Waals surface area contributed by atoms with Crippen molar-refractivity contribution in [2.45, 2.75) is 38.8 Å². The predicted molar refractivity (Wildman–Crippen MR) is 141 cm³/mol. The van der Waals surface area contributed by atoms with Crippen LogP contribution in [-0.2, 0) is 24.6 Å². The van der Waals surface area contributed by atoms with Crippen molar-refractivity contribution in [3.8, 4) is 0 Å². The molecular formula is C30H32N2O4. The molecule has 3 aromatic carbocycles. The van der Waals surface area contributed by atoms with E-state index in [2.05, 4.69) is 36.5 Å². The van der Waals surface area contributed by atoms with E-state index in [0.29, 0.717) is 6.42 Å². The number of para-hydroxylation sites is 2. The number of hydrogen-bond donors (Lipinski definition) is 1. The van der Waals surface area contributed by atoms with Gasteiger partial charge in [0.05, 0.1) is 36.2 Å². The van der Waals surface area contributed by atoms with Crippen LogP contribution in [0.25, 0.3) is 0 Å². The van der Waals surface area contributed by atoms with Crippen molar-refractivity contribution in [3.63, 3.8) is 0 Å². The maximum absolute atomic E-state index is 12.9. The zero-order valence-electron chi connectivity index (χ0n) is 20.9. The van der Waals surface area contributed by atoms with Crippen molar-refractivity contribution >= 4 is 23.3 Å². The van der Waals surface area contributed by atoms with E-state index < -0.39 is 17.5 Å². The average molecular weight is 485 g/mol. The molecule has 186 valence electrons. The fourth-order valence-electron chi connectivity index (χ4n) is 4.66. The minimum absolute atomic E-state index is 0.141. The van der Waals surface area contributed by atoms with Crippen LogP contribution in [-0.4, -0.2) is 25.2 Å². The van der Waals surface area contributed by atoms with Gasteiger partial charge >= 0.3 is 11.9 Å². The first-order chi connectivity index (χ1) is 17.5. The van der Waals surface area contributed by atoms with E-state index in [1.54, 1.807) is 20.0 Å². The molecule has 3 aromatic rings. The summed E-state index contributed by atoms with van der Waals surface area (Å²) in [6.45, 7) is 5.91. The van der Waals surface area contributed by atoms with Gasteiger partial charge in [-0.2, -0.15) is 0 Å². The quantitative estimate of drug-likeness (QED) is 0.193. The number of nitrogens with one attached hydrogen (secondary N) is 1. The number of hydrogen-bond acceptors (Lipinski definition) is 6. The molecule has 0 aliphatic carbocycles. The number of ether oxygens (including phenoxy) is 2. The van der Waals surface area contributed by atoms with Gasteiger partial charge in [-0.15, -0.1) is 0 Å². The largest absolute Gasteiger partial charge is 0.462 e. The number of carbonyl (C=O) groups is 2. The highest BCUT2D eigenvalue weighted by Crippen LogP contribution is 2.46. The number of carbonyl (C=O) groups excluding carboxylic acids is 2. The second-order valence-corrected chi connectivity index (χ2v) is 8.86. The van der Waals surface area contributed by atoms with Gasteiger partial charge in [-0.05, 0) is 50.5 Å². The Bertz CT molecular complexity index is 1210. The molecule has 6 heteroatoms. The minimum atomic E-state index is -0.705. The van der Waals surface area contributed by atoms with Crippen LogP contribution in [0.15, 0.2) is 96.7 Å². The van der Waals surface area contributed by atoms with Crippen LogP contribution in [0.2, 0.25) is 0 Å². The van der Waals surface area contributed by atoms with Crippen LogP contribution in [0, 0.1) is 0 Å². The predicted octanol–water partition coefficient (Wildman–Crippen LogP) is 5.98. The Kier molecular flexibility index (Phi) is 7.74. The second kappa shape index (κ2) is 11.1. The van der Waals surface area contributed by atoms with E-state index in [4.69, 9.17) is 9.47 Å². The highest BCUT2D eigenvalue weighted by atomic mass is 16.6. The highest BCUT2D eigenvalue weighted by molar-refractivity contribution is 6.14. The molecule has 0 aromatic heterocycles. The normalized spacial score (nSPS) is 18.8. The Morgan fingerprint density at radius 1 is 0.889 bits per heavy atom. The molecule has 1 heterocycles. The van der Waals surface area contributed by atoms with Crippen LogP contribution in [0.3, 0.4) is 0 Å². The standard InChI is InChI=1S/C30H32N2O4/c1-4-35-28(33)24(29(34)36-5-2)21-32-26-19-13-12-18-25(26)31-30(3,23-16-10-7-11-17-23)20-27(32)22-14-8-6-9-15-22/h6-19,21,27,31H,4-5,20H2,1-3H3. The molecular weight excluding hydrogens is 452 g/mol. The summed E-state index contributed by atoms with van der Waals surface area (Å²) < 4.78 is 10.5. The van der Waals surface area contributed by atoms with Gasteiger partial charge < -0.3 is 19.7 Å². The van der Waals surface area contributed by atoms with Gasteiger partial charge in [-0.3, -0.25) is 0 Å². The molecule has 1 aliphatic heterocycles. The summed E-state index contributed by atoms with van der Waals surface area (Å²) in [6, 6.07) is 28.1. The van der Waals surface area contributed by atoms with Crippen LogP contribution in [0.5, 0.6) is 0 Å². The first-order valence-electron chi connectivity index (χ1n) is 12.3. The van der Waals surface area contributed by atoms with Gasteiger partial charge in [0.25, 0.3) is 0 Å². The smallest absolute Gasteiger partial charge is 0.347 e. The molecule has 4 rings (SSSR count). The van der Waals surface area contributed by atoms with E-state index in [1.165, 1.54) is 0 Å². The Balaban J connectivity index is 1.93. The molecule has 0 radical (unpaired) electrons. The van der Waals surface area contributed by atoms with Crippen LogP contribution < -0.4 is 10.2 Å². The molecule has 1 aliphatic rings. The number of esters is 2. The summed E-state index contributed by atoms with van der Waals surface area (Å²) in [4.78, 5) is 27.8. The summed E-state index contributed by atoms with van der Waals surface area (Å²) in [5.74, 6) is -1.41. The van der Waals surface area contributed by atoms with Crippen LogP contribution in [0.1, 0.15) is 44.4 Å². The Morgan fingerprint density at radius 2 is 1.44 bits per heavy atom. The third-order valence-electron chi connectivity index (χ3n) is 6.38. The molecule has 36 heavy (non-hydrogen) atoms. The van der Waals surface area contributed by atoms with Gasteiger partial charge in [-0.25, -0.2) is 9.59 Å². The van der Waals surface area contributed by atoms with Crippen molar-refractivity contribution in [3.05, 3.63) is 108 Å². The fourth-order valence-corrected chi connectivity index (χ4v) is 4.66. The first-order valence-corrected chi connectivity index (χ1v) is 12.3. The number of nitrogens with zero attached hydrogens (tertiary/aromatic N) is 1. The third kappa shape index (κ3) is 5.28. The fraction of sp³-hybridized carbons (Fsp3) is 0.267. The van der Waals surface area contributed by atoms with Crippen LogP contribution >= 0.6 is 0 Å². The van der Waals surface area contributed by atoms with Crippen molar-refractivity contribution in [1.82, 2.24) is 0 Å². The molecule has 2 atom stereocenters. The highest BCUT2D eigenvalue weighted by Gasteiger charge is 2.38. The topological polar surface area (TPSA) is 67.9 Å². The van der Waals surface area contributed by atoms with Gasteiger partial charge in [-0.1, -0.05) is 72.8 Å². The summed E-state index contributed by atoms with van der Waals surface area (Å²) in [7, 11) is 0. The van der Waals surface area contributed by atoms with E-state index in [0.717, 1.165) is 22.5 Å². The summed E-state index contributed by atoms with van der Waals surface area (Å²) in [6.07, 6.45) is 2.25. The van der Waals surface area contributed by atoms with Crippen molar-refractivity contribution in [1.29, 1.82) is 0 Å². The monoisotopic (exact) mass is 484 g/mol. The van der Waals surface area contributed by atoms with Crippen molar-refractivity contribution < 1.29 is 19.1 Å². The van der Waals surface area contributed by atoms with Crippen molar-refractivity contribution in [2.24, 2.45) is 0 Å². The first kappa shape index (κ1) is 25.0. The lowest BCUT2D eigenvalue weighted by molar-refractivity contribution is -0.146. The summed E-state index contributed by atoms with van der Waals surface area (Å²) in [5.41, 5.74) is 3.36. The molecule has 1 N–H and O–H groups in total. The number of anilines is 2. The summed E-state index contributed by atoms with van der Waals surface area (Å²) in [5, 5.41) is 3.76. The Morgan fingerprint density at radius 3 is 2.06 bits per heavy atom. The van der Waals surface area contributed by atoms with E-state index in [9.17, 15) is 9.59 Å². The number of benzene rings is 3. The maximum atomic E-state index is 12.9. The summed E-state index contributed by atoms with van der Waals surface area (Å²) >= 11 is 0. The maximum Gasteiger partial charge on any atom is 0.347 e. The molecule has 0 fully saturated rings. The molecule has 6 nitrogen and oxygen atoms in total. The lowest BCUT2D eigenvalue weighted by Crippen LogP contribution is -2.35. The van der Waals surface area contributed by atoms with Gasteiger partial charge in [0.15, 0.2) is 5.57 Å². The van der Waals surface area contributed by atoms with Gasteiger partial charge in [0.2, 0.25) is 0 Å². The third-order valence-corrected chi connectivity index (χ3v) is 6.38. The second-order valence-electron chi connectivity index (χ2n) is 8.86. The zero-order valence-corrected chi connectivity index (χ0v) is 20.9. The van der Waals surface area contributed by atoms with E-state index in [1.807, 2.05) is 65.6 Å². The van der Waals surface area contributed by atoms with Crippen molar-refractivity contribution in [2.75, 3.05) is 23.4 Å². The molecule has 0 saturated heterocycles. The average Bonchev–Trinajstić information content (AvgIpc) is 3.03. The van der Waals surface area contributed by atoms with Crippen LogP contribution in [0.4, 0.5) is 11.4 Å². The van der Waals surface area contributed by atoms with Gasteiger partial charge in [0.1, 0.15) is 0 Å². The minimum Gasteiger partial charge on any atom is -0.462 e. The Hall–Kier alpha value is -4.06. The lowest BCUT2D eigenvalue weighted by atomic mass is 9.83. The molecule has 0 bridgehead atoms. The molecule has 2 unspecified atom stereocenters. The lowest BCUT2D eigenvalue weighted by Gasteiger charge is -2.35. The number of fused-ring (bicyclic) bond motifs is 1.